The Hall–Kier alpha value is -13.0. The van der Waals surface area contributed by atoms with Gasteiger partial charge < -0.3 is 76.8 Å². The Bertz CT molecular complexity index is 6880. The summed E-state index contributed by atoms with van der Waals surface area (Å²) in [6.07, 6.45) is 5.90. The zero-order valence-electron chi connectivity index (χ0n) is 87.3. The molecule has 8 aromatic carbocycles. The van der Waals surface area contributed by atoms with Gasteiger partial charge in [-0.15, -0.1) is 44.1 Å². The summed E-state index contributed by atoms with van der Waals surface area (Å²) in [5, 5.41) is 3.70. The monoisotopic (exact) mass is 2050 g/mol. The quantitative estimate of drug-likeness (QED) is 0.129. The molecule has 14 heterocycles. The number of aromatic nitrogens is 8. The second-order valence-electron chi connectivity index (χ2n) is 36.9. The fraction of sp³-hybridized carbons (Fsp3) is 0.323. The Morgan fingerprint density at radius 2 is 0.404 bits per heavy atom. The maximum absolute atomic E-state index is 6.86. The third-order valence-corrected chi connectivity index (χ3v) is 28.8. The molecule has 0 unspecified atom stereocenters. The summed E-state index contributed by atoms with van der Waals surface area (Å²) in [5.74, 6) is 5.69. The summed E-state index contributed by atoms with van der Waals surface area (Å²) in [7, 11) is 0. The zero-order valence-corrected chi connectivity index (χ0v) is 93.3. The number of rotatable bonds is 8. The maximum Gasteiger partial charge on any atom is 2.00 e. The number of benzene rings is 8. The molecule has 0 radical (unpaired) electrons. The summed E-state index contributed by atoms with van der Waals surface area (Å²) in [6.45, 7) is 40.2. The van der Waals surface area contributed by atoms with E-state index in [0.717, 1.165) is 319 Å². The van der Waals surface area contributed by atoms with Crippen molar-refractivity contribution in [2.75, 3.05) is 106 Å². The molecule has 8 aliphatic rings. The van der Waals surface area contributed by atoms with Crippen molar-refractivity contribution in [2.45, 2.75) is 162 Å². The minimum absolute atomic E-state index is 0. The molecular formula is C124H128N8O12Zn2. The zero-order chi connectivity index (χ0) is 99.8. The number of nitrogens with zero attached hydrogens (tertiary/aromatic N) is 8. The molecule has 0 saturated carbocycles. The van der Waals surface area contributed by atoms with E-state index in [0.29, 0.717) is 102 Å². The topological polar surface area (TPSA) is 219 Å². The average Bonchev–Trinajstić information content (AvgIpc) is 1.59. The van der Waals surface area contributed by atoms with Gasteiger partial charge in [0.1, 0.15) is 98.9 Å². The van der Waals surface area contributed by atoms with Gasteiger partial charge in [-0.1, -0.05) is 245 Å². The molecule has 0 fully saturated rings. The van der Waals surface area contributed by atoms with Gasteiger partial charge in [-0.2, -0.15) is 0 Å². The van der Waals surface area contributed by atoms with Crippen molar-refractivity contribution in [2.24, 2.45) is 0 Å². The van der Waals surface area contributed by atoms with E-state index in [2.05, 4.69) is 208 Å². The Balaban J connectivity index is 0.00000729. The molecule has 14 aromatic rings. The fourth-order valence-electron chi connectivity index (χ4n) is 21.6. The first-order valence-electron chi connectivity index (χ1n) is 51.4. The summed E-state index contributed by atoms with van der Waals surface area (Å²) in [6, 6.07) is 66.0. The van der Waals surface area contributed by atoms with Gasteiger partial charge in [0.2, 0.25) is 0 Å². The van der Waals surface area contributed by atoms with Crippen molar-refractivity contribution >= 4 is 110 Å². The van der Waals surface area contributed by atoms with E-state index in [1.54, 1.807) is 0 Å². The molecule has 22 heteroatoms. The van der Waals surface area contributed by atoms with E-state index in [4.69, 9.17) is 96.7 Å². The van der Waals surface area contributed by atoms with Crippen LogP contribution in [-0.2, 0) is 83.6 Å². The van der Waals surface area contributed by atoms with E-state index in [-0.39, 0.29) is 65.4 Å². The van der Waals surface area contributed by atoms with Crippen molar-refractivity contribution in [1.29, 1.82) is 0 Å². The van der Waals surface area contributed by atoms with Gasteiger partial charge in [0.25, 0.3) is 0 Å². The van der Waals surface area contributed by atoms with Crippen LogP contribution in [0.25, 0.3) is 155 Å². The van der Waals surface area contributed by atoms with Gasteiger partial charge in [-0.3, -0.25) is 0 Å². The van der Waals surface area contributed by atoms with Crippen LogP contribution < -0.4 is 57.8 Å². The van der Waals surface area contributed by atoms with Gasteiger partial charge in [0.05, 0.1) is 98.4 Å². The van der Waals surface area contributed by atoms with Crippen LogP contribution in [0.3, 0.4) is 0 Å². The number of para-hydroxylation sites is 4. The molecule has 20 nitrogen and oxygen atoms in total. The van der Waals surface area contributed by atoms with Crippen LogP contribution in [0.15, 0.2) is 194 Å². The third kappa shape index (κ3) is 20.7. The van der Waals surface area contributed by atoms with Crippen LogP contribution in [0.1, 0.15) is 199 Å². The first kappa shape index (κ1) is 104. The molecule has 146 heavy (non-hydrogen) atoms. The van der Waals surface area contributed by atoms with Crippen molar-refractivity contribution in [3.8, 4) is 90.5 Å². The van der Waals surface area contributed by atoms with Gasteiger partial charge >= 0.3 is 39.0 Å². The number of aryl methyl sites for hydroxylation is 8. The molecule has 740 valence electrons. The van der Waals surface area contributed by atoms with Crippen LogP contribution in [0.2, 0.25) is 0 Å². The van der Waals surface area contributed by atoms with Crippen LogP contribution in [0, 0.1) is 27.7 Å². The van der Waals surface area contributed by atoms with Crippen LogP contribution in [-0.4, -0.2) is 126 Å². The second kappa shape index (κ2) is 47.2. The number of hydrogen-bond donors (Lipinski definition) is 0. The molecule has 0 N–H and O–H groups in total. The van der Waals surface area contributed by atoms with Crippen molar-refractivity contribution in [1.82, 2.24) is 39.9 Å². The van der Waals surface area contributed by atoms with E-state index in [1.807, 2.05) is 97.1 Å². The van der Waals surface area contributed by atoms with Gasteiger partial charge in [0, 0.05) is 43.8 Å². The third-order valence-electron chi connectivity index (χ3n) is 28.8. The van der Waals surface area contributed by atoms with Crippen molar-refractivity contribution < 1.29 is 95.8 Å². The van der Waals surface area contributed by atoms with E-state index in [9.17, 15) is 0 Å². The SMILES string of the molecule is CCC1=C(C)c2nc1cc1[n-]c(c(C)c1CC)c1c3nc(cc4[n-]c(c(C)c4CC)c2-c2ccccc2OCCOCCOc2cccc4c(cccc24)OCCOCCOc2ccccc2-c2c4nc(cc5[n-]c(c(C)c5CC)c(c5nc(cc6[n-]c2c(C)c6CC)C(CC)=C5C)-c2ccccc2OCCOCCOc2cccc5c(cccc25)OCCOCCOc2ccccc2-1)C(CC)=C4C)C(CC)=C3C.[Zn+2].[Zn+2]. The summed E-state index contributed by atoms with van der Waals surface area (Å²) < 4.78 is 78.8. The smallest absolute Gasteiger partial charge is 0.657 e. The summed E-state index contributed by atoms with van der Waals surface area (Å²) in [4.78, 5) is 45.9. The molecule has 0 spiro atoms. The predicted molar refractivity (Wildman–Crippen MR) is 582 cm³/mol. The van der Waals surface area contributed by atoms with Crippen LogP contribution in [0.5, 0.6) is 46.0 Å². The van der Waals surface area contributed by atoms with E-state index < -0.39 is 0 Å². The molecule has 22 rings (SSSR count). The minimum atomic E-state index is 0. The average molecular weight is 2050 g/mol. The van der Waals surface area contributed by atoms with E-state index >= 15 is 0 Å². The molecule has 0 amide bonds. The molecule has 0 aliphatic carbocycles. The molecule has 6 aromatic heterocycles. The summed E-state index contributed by atoms with van der Waals surface area (Å²) in [5.41, 5.74) is 38.5. The van der Waals surface area contributed by atoms with Crippen molar-refractivity contribution in [3.05, 3.63) is 284 Å². The molecule has 0 atom stereocenters. The van der Waals surface area contributed by atoms with Crippen LogP contribution >= 0.6 is 0 Å². The molecule has 28 bridgehead atoms. The number of allylic oxidation sites excluding steroid dienone is 8. The Kier molecular flexibility index (Phi) is 33.7. The summed E-state index contributed by atoms with van der Waals surface area (Å²) >= 11 is 0. The standard InChI is InChI=1S/C124H128N8O12.2Zn/c1-17-81-73(9)117-113-93-37-25-29-45-109(93)141-65-57-133-53-61-137-105-49-33-42-90-89(105)41-34-50-106(90)139-63-55-135-59-67-143-111-47-31-27-39-95(111)115-121-77(13)85(21-5)101(129-121)71-103-87(23-7)79(15)123(131-103)116(124-80(16)88(24-8)104(132-124)72-102-86(22-6)78(14)122(115)130-102)96-40-28-32-48-112(96)144-68-60-136-56-64-140-108-52-36-43-91-92(108)44-35-51-107(91)138-62-54-134-58-66-142-110-46-30-26-38-94(110)114(119-74(10)82(18-2)98(126-119)69-97(81)125-117)120-76(12)84(20-4)100(128-120)70-99-83(19-3)75(11)118(113)127-99;;/h25-52,69-72H,17-24,53-68H2,1-16H3;;/q-4;2*+2. The van der Waals surface area contributed by atoms with Gasteiger partial charge in [-0.05, 0) is 222 Å². The van der Waals surface area contributed by atoms with Gasteiger partial charge in [0.15, 0.2) is 0 Å². The van der Waals surface area contributed by atoms with Crippen LogP contribution in [0.4, 0.5) is 0 Å². The Morgan fingerprint density at radius 3 is 0.596 bits per heavy atom. The number of ether oxygens (including phenoxy) is 12. The first-order valence-corrected chi connectivity index (χ1v) is 51.4. The fourth-order valence-corrected chi connectivity index (χ4v) is 21.6. The van der Waals surface area contributed by atoms with Gasteiger partial charge in [-0.25, -0.2) is 19.9 Å². The largest absolute Gasteiger partial charge is 2.00 e. The first-order chi connectivity index (χ1) is 70.5. The molecular weight excluding hydrogens is 1920 g/mol. The molecule has 8 aliphatic heterocycles. The predicted octanol–water partition coefficient (Wildman–Crippen LogP) is 27.5. The second-order valence-corrected chi connectivity index (χ2v) is 36.9. The minimum Gasteiger partial charge on any atom is -0.657 e. The normalized spacial score (nSPS) is 14.7. The van der Waals surface area contributed by atoms with Crippen molar-refractivity contribution in [3.63, 3.8) is 0 Å². The Morgan fingerprint density at radius 1 is 0.219 bits per heavy atom. The van der Waals surface area contributed by atoms with E-state index in [1.165, 1.54) is 0 Å². The number of hydrogen-bond acceptors (Lipinski definition) is 16. The maximum atomic E-state index is 6.86. The molecule has 0 saturated heterocycles. The Labute approximate surface area is 882 Å².